The standard InChI is InChI=1S/C26H30F2N2O2/c1-2-32-26(31)20-11-14-29(15-12-20)16-17-30-13-3-4-23(19-5-7-21(27)8-6-19)24-10-9-22(28)18-25(24)30/h4-10,18,20H,2-3,11-17H2,1H3. The van der Waals surface area contributed by atoms with Gasteiger partial charge in [0.2, 0.25) is 0 Å². The highest BCUT2D eigenvalue weighted by molar-refractivity contribution is 5.87. The van der Waals surface area contributed by atoms with Gasteiger partial charge in [0.15, 0.2) is 0 Å². The lowest BCUT2D eigenvalue weighted by atomic mass is 9.96. The first-order valence-corrected chi connectivity index (χ1v) is 11.4. The molecule has 32 heavy (non-hydrogen) atoms. The van der Waals surface area contributed by atoms with Crippen LogP contribution >= 0.6 is 0 Å². The molecule has 0 aliphatic carbocycles. The second-order valence-corrected chi connectivity index (χ2v) is 8.43. The number of hydrogen-bond acceptors (Lipinski definition) is 4. The molecule has 170 valence electrons. The maximum absolute atomic E-state index is 14.2. The minimum Gasteiger partial charge on any atom is -0.466 e. The number of ether oxygens (including phenoxy) is 1. The Bertz CT molecular complexity index is 966. The lowest BCUT2D eigenvalue weighted by Gasteiger charge is -2.33. The van der Waals surface area contributed by atoms with Crippen LogP contribution in [0.2, 0.25) is 0 Å². The van der Waals surface area contributed by atoms with E-state index in [0.29, 0.717) is 6.61 Å². The summed E-state index contributed by atoms with van der Waals surface area (Å²) >= 11 is 0. The Labute approximate surface area is 188 Å². The number of anilines is 1. The van der Waals surface area contributed by atoms with Crippen LogP contribution in [0.1, 0.15) is 37.3 Å². The van der Waals surface area contributed by atoms with Crippen molar-refractivity contribution < 1.29 is 18.3 Å². The largest absolute Gasteiger partial charge is 0.466 e. The van der Waals surface area contributed by atoms with Crippen molar-refractivity contribution in [1.82, 2.24) is 4.90 Å². The van der Waals surface area contributed by atoms with Crippen molar-refractivity contribution in [1.29, 1.82) is 0 Å². The van der Waals surface area contributed by atoms with Crippen LogP contribution in [0.3, 0.4) is 0 Å². The normalized spacial score (nSPS) is 17.5. The predicted molar refractivity (Wildman–Crippen MR) is 123 cm³/mol. The number of rotatable bonds is 6. The van der Waals surface area contributed by atoms with Crippen molar-refractivity contribution in [2.24, 2.45) is 5.92 Å². The van der Waals surface area contributed by atoms with Crippen molar-refractivity contribution in [3.05, 3.63) is 71.3 Å². The summed E-state index contributed by atoms with van der Waals surface area (Å²) < 4.78 is 32.8. The Morgan fingerprint density at radius 1 is 1.00 bits per heavy atom. The summed E-state index contributed by atoms with van der Waals surface area (Å²) in [7, 11) is 0. The minimum absolute atomic E-state index is 0.00155. The molecule has 2 aliphatic heterocycles. The smallest absolute Gasteiger partial charge is 0.309 e. The zero-order chi connectivity index (χ0) is 22.5. The van der Waals surface area contributed by atoms with Gasteiger partial charge < -0.3 is 14.5 Å². The van der Waals surface area contributed by atoms with Crippen molar-refractivity contribution in [3.63, 3.8) is 0 Å². The van der Waals surface area contributed by atoms with Gasteiger partial charge in [0, 0.05) is 30.9 Å². The molecule has 0 bridgehead atoms. The molecule has 0 radical (unpaired) electrons. The first-order valence-electron chi connectivity index (χ1n) is 11.4. The van der Waals surface area contributed by atoms with Crippen LogP contribution in [-0.4, -0.2) is 50.2 Å². The fourth-order valence-electron chi connectivity index (χ4n) is 4.64. The minimum atomic E-state index is -0.268. The second-order valence-electron chi connectivity index (χ2n) is 8.43. The molecule has 0 unspecified atom stereocenters. The second kappa shape index (κ2) is 10.3. The van der Waals surface area contributed by atoms with Gasteiger partial charge in [0.25, 0.3) is 0 Å². The van der Waals surface area contributed by atoms with E-state index in [0.717, 1.165) is 74.4 Å². The van der Waals surface area contributed by atoms with E-state index >= 15 is 0 Å². The molecular formula is C26H30F2N2O2. The molecule has 0 amide bonds. The number of carbonyl (C=O) groups is 1. The van der Waals surface area contributed by atoms with Gasteiger partial charge >= 0.3 is 5.97 Å². The Hall–Kier alpha value is -2.73. The number of carbonyl (C=O) groups excluding carboxylic acids is 1. The Morgan fingerprint density at radius 2 is 1.72 bits per heavy atom. The predicted octanol–water partition coefficient (Wildman–Crippen LogP) is 4.88. The molecule has 2 aliphatic rings. The summed E-state index contributed by atoms with van der Waals surface area (Å²) in [5, 5.41) is 0. The molecule has 0 spiro atoms. The third-order valence-electron chi connectivity index (χ3n) is 6.39. The summed E-state index contributed by atoms with van der Waals surface area (Å²) in [5.41, 5.74) is 3.79. The van der Waals surface area contributed by atoms with Gasteiger partial charge in [-0.25, -0.2) is 8.78 Å². The summed E-state index contributed by atoms with van der Waals surface area (Å²) in [6.45, 7) is 6.44. The molecule has 2 aromatic rings. The van der Waals surface area contributed by atoms with Crippen LogP contribution < -0.4 is 4.90 Å². The van der Waals surface area contributed by atoms with E-state index in [1.54, 1.807) is 18.2 Å². The molecule has 0 aromatic heterocycles. The first kappa shape index (κ1) is 22.5. The topological polar surface area (TPSA) is 32.8 Å². The van der Waals surface area contributed by atoms with E-state index < -0.39 is 0 Å². The number of esters is 1. The zero-order valence-corrected chi connectivity index (χ0v) is 18.5. The third kappa shape index (κ3) is 5.18. The Balaban J connectivity index is 1.45. The number of piperidine rings is 1. The molecule has 2 heterocycles. The van der Waals surface area contributed by atoms with E-state index in [9.17, 15) is 13.6 Å². The Morgan fingerprint density at radius 3 is 2.44 bits per heavy atom. The quantitative estimate of drug-likeness (QED) is 0.600. The number of nitrogens with zero attached hydrogens (tertiary/aromatic N) is 2. The molecule has 2 aromatic carbocycles. The lowest BCUT2D eigenvalue weighted by molar-refractivity contribution is -0.149. The molecule has 4 rings (SSSR count). The third-order valence-corrected chi connectivity index (χ3v) is 6.39. The monoisotopic (exact) mass is 440 g/mol. The average molecular weight is 441 g/mol. The molecule has 1 saturated heterocycles. The number of fused-ring (bicyclic) bond motifs is 1. The summed E-state index contributed by atoms with van der Waals surface area (Å²) in [6, 6.07) is 11.4. The van der Waals surface area contributed by atoms with Crippen LogP contribution in [0.15, 0.2) is 48.5 Å². The van der Waals surface area contributed by atoms with E-state index in [2.05, 4.69) is 15.9 Å². The van der Waals surface area contributed by atoms with Crippen LogP contribution in [0, 0.1) is 17.6 Å². The molecule has 0 saturated carbocycles. The van der Waals surface area contributed by atoms with Gasteiger partial charge in [0.05, 0.1) is 12.5 Å². The van der Waals surface area contributed by atoms with Gasteiger partial charge in [0.1, 0.15) is 11.6 Å². The van der Waals surface area contributed by atoms with Crippen LogP contribution in [0.4, 0.5) is 14.5 Å². The van der Waals surface area contributed by atoms with Crippen LogP contribution in [0.5, 0.6) is 0 Å². The number of hydrogen-bond donors (Lipinski definition) is 0. The SMILES string of the molecule is CCOC(=O)C1CCN(CCN2CCC=C(c3ccc(F)cc3)c3ccc(F)cc32)CC1. The van der Waals surface area contributed by atoms with Gasteiger partial charge in [-0.05, 0) is 80.7 Å². The van der Waals surface area contributed by atoms with Gasteiger partial charge in [-0.1, -0.05) is 18.2 Å². The zero-order valence-electron chi connectivity index (χ0n) is 18.5. The fourth-order valence-corrected chi connectivity index (χ4v) is 4.64. The Kier molecular flexibility index (Phi) is 7.20. The molecule has 4 nitrogen and oxygen atoms in total. The number of likely N-dealkylation sites (tertiary alicyclic amines) is 1. The summed E-state index contributed by atoms with van der Waals surface area (Å²) in [5.74, 6) is -0.606. The highest BCUT2D eigenvalue weighted by Gasteiger charge is 2.26. The number of halogens is 2. The van der Waals surface area contributed by atoms with Crippen LogP contribution in [0.25, 0.3) is 5.57 Å². The van der Waals surface area contributed by atoms with E-state index in [4.69, 9.17) is 4.74 Å². The molecular weight excluding hydrogens is 410 g/mol. The molecule has 0 atom stereocenters. The van der Waals surface area contributed by atoms with Crippen molar-refractivity contribution in [2.75, 3.05) is 44.2 Å². The van der Waals surface area contributed by atoms with Gasteiger partial charge in [-0.2, -0.15) is 0 Å². The van der Waals surface area contributed by atoms with Gasteiger partial charge in [-0.15, -0.1) is 0 Å². The molecule has 6 heteroatoms. The van der Waals surface area contributed by atoms with Crippen molar-refractivity contribution in [3.8, 4) is 0 Å². The average Bonchev–Trinajstić information content (AvgIpc) is 2.98. The van der Waals surface area contributed by atoms with Crippen molar-refractivity contribution >= 4 is 17.2 Å². The first-order chi connectivity index (χ1) is 15.5. The van der Waals surface area contributed by atoms with E-state index in [1.165, 1.54) is 18.2 Å². The highest BCUT2D eigenvalue weighted by Crippen LogP contribution is 2.35. The maximum Gasteiger partial charge on any atom is 0.309 e. The summed E-state index contributed by atoms with van der Waals surface area (Å²) in [6.07, 6.45) is 4.63. The van der Waals surface area contributed by atoms with Gasteiger partial charge in [-0.3, -0.25) is 4.79 Å². The lowest BCUT2D eigenvalue weighted by Crippen LogP contribution is -2.41. The van der Waals surface area contributed by atoms with E-state index in [1.807, 2.05) is 13.0 Å². The number of benzene rings is 2. The van der Waals surface area contributed by atoms with E-state index in [-0.39, 0.29) is 23.5 Å². The van der Waals surface area contributed by atoms with Crippen LogP contribution in [-0.2, 0) is 9.53 Å². The fraction of sp³-hybridized carbons (Fsp3) is 0.423. The van der Waals surface area contributed by atoms with Crippen molar-refractivity contribution in [2.45, 2.75) is 26.2 Å². The highest BCUT2D eigenvalue weighted by atomic mass is 19.1. The molecule has 0 N–H and O–H groups in total. The molecule has 1 fully saturated rings. The maximum atomic E-state index is 14.2. The summed E-state index contributed by atoms with van der Waals surface area (Å²) in [4.78, 5) is 16.6.